The minimum absolute atomic E-state index is 0.667. The van der Waals surface area contributed by atoms with Gasteiger partial charge in [-0.25, -0.2) is 4.98 Å². The summed E-state index contributed by atoms with van der Waals surface area (Å²) in [4.78, 5) is 5.84. The first-order valence-electron chi connectivity index (χ1n) is 5.62. The molecule has 0 aliphatic carbocycles. The largest absolute Gasteiger partial charge is 0.326 e. The maximum absolute atomic E-state index is 8.95. The van der Waals surface area contributed by atoms with Gasteiger partial charge in [0.15, 0.2) is 5.82 Å². The minimum Gasteiger partial charge on any atom is -0.326 e. The Bertz CT molecular complexity index is 774. The highest BCUT2D eigenvalue weighted by Crippen LogP contribution is 2.30. The molecule has 0 aliphatic rings. The number of nitrogens with zero attached hydrogens (tertiary/aromatic N) is 3. The van der Waals surface area contributed by atoms with Gasteiger partial charge in [0.1, 0.15) is 0 Å². The van der Waals surface area contributed by atoms with Crippen LogP contribution < -0.4 is 0 Å². The van der Waals surface area contributed by atoms with Gasteiger partial charge in [0.05, 0.1) is 27.5 Å². The molecule has 3 nitrogen and oxygen atoms in total. The molecule has 0 aliphatic heterocycles. The lowest BCUT2D eigenvalue weighted by Gasteiger charge is -2.01. The third kappa shape index (κ3) is 1.52. The molecule has 0 spiro atoms. The quantitative estimate of drug-likeness (QED) is 0.666. The van der Waals surface area contributed by atoms with Gasteiger partial charge in [-0.05, 0) is 42.1 Å². The SMILES string of the molecule is Cc1ccsc1-c1nc2ccc(C#N)cc2n1C. The molecule has 0 fully saturated rings. The maximum atomic E-state index is 8.95. The fourth-order valence-electron chi connectivity index (χ4n) is 2.06. The molecule has 0 saturated heterocycles. The van der Waals surface area contributed by atoms with Crippen LogP contribution in [0.15, 0.2) is 29.6 Å². The van der Waals surface area contributed by atoms with Crippen LogP contribution in [-0.4, -0.2) is 9.55 Å². The van der Waals surface area contributed by atoms with Crippen molar-refractivity contribution in [2.75, 3.05) is 0 Å². The van der Waals surface area contributed by atoms with E-state index in [0.29, 0.717) is 5.56 Å². The highest BCUT2D eigenvalue weighted by atomic mass is 32.1. The lowest BCUT2D eigenvalue weighted by Crippen LogP contribution is -1.91. The first-order valence-corrected chi connectivity index (χ1v) is 6.49. The van der Waals surface area contributed by atoms with Crippen molar-refractivity contribution in [2.45, 2.75) is 6.92 Å². The van der Waals surface area contributed by atoms with Gasteiger partial charge >= 0.3 is 0 Å². The third-order valence-corrected chi connectivity index (χ3v) is 4.09. The van der Waals surface area contributed by atoms with Crippen LogP contribution in [0.25, 0.3) is 21.7 Å². The Balaban J connectivity index is 2.30. The number of benzene rings is 1. The Morgan fingerprint density at radius 3 is 2.83 bits per heavy atom. The monoisotopic (exact) mass is 253 g/mol. The van der Waals surface area contributed by atoms with E-state index in [2.05, 4.69) is 34.0 Å². The number of nitriles is 1. The molecule has 0 atom stereocenters. The number of aryl methyl sites for hydroxylation is 2. The maximum Gasteiger partial charge on any atom is 0.151 e. The zero-order chi connectivity index (χ0) is 12.7. The van der Waals surface area contributed by atoms with Gasteiger partial charge in [0.25, 0.3) is 0 Å². The Morgan fingerprint density at radius 1 is 1.33 bits per heavy atom. The molecule has 3 aromatic rings. The van der Waals surface area contributed by atoms with E-state index in [1.165, 1.54) is 10.4 Å². The van der Waals surface area contributed by atoms with Crippen LogP contribution in [0.5, 0.6) is 0 Å². The fourth-order valence-corrected chi connectivity index (χ4v) is 3.01. The standard InChI is InChI=1S/C14H11N3S/c1-9-5-6-18-13(9)14-16-11-4-3-10(8-15)7-12(11)17(14)2/h3-7H,1-2H3. The van der Waals surface area contributed by atoms with Crippen molar-refractivity contribution < 1.29 is 0 Å². The molecule has 4 heteroatoms. The number of rotatable bonds is 1. The third-order valence-electron chi connectivity index (χ3n) is 3.08. The Labute approximate surface area is 109 Å². The molecule has 3 rings (SSSR count). The van der Waals surface area contributed by atoms with Crippen LogP contribution in [0.4, 0.5) is 0 Å². The number of thiophene rings is 1. The van der Waals surface area contributed by atoms with Gasteiger partial charge < -0.3 is 4.57 Å². The number of aromatic nitrogens is 2. The lowest BCUT2D eigenvalue weighted by atomic mass is 10.2. The number of imidazole rings is 1. The molecule has 0 bridgehead atoms. The van der Waals surface area contributed by atoms with Crippen LogP contribution in [0.3, 0.4) is 0 Å². The van der Waals surface area contributed by atoms with Crippen LogP contribution in [0.2, 0.25) is 0 Å². The van der Waals surface area contributed by atoms with Crippen molar-refractivity contribution in [3.8, 4) is 16.8 Å². The van der Waals surface area contributed by atoms with Crippen molar-refractivity contribution in [3.05, 3.63) is 40.8 Å². The summed E-state index contributed by atoms with van der Waals surface area (Å²) in [6.45, 7) is 2.09. The average Bonchev–Trinajstić information content (AvgIpc) is 2.93. The van der Waals surface area contributed by atoms with Crippen molar-refractivity contribution in [1.29, 1.82) is 5.26 Å². The summed E-state index contributed by atoms with van der Waals surface area (Å²) in [7, 11) is 1.99. The predicted molar refractivity (Wildman–Crippen MR) is 73.5 cm³/mol. The molecule has 18 heavy (non-hydrogen) atoms. The lowest BCUT2D eigenvalue weighted by molar-refractivity contribution is 0.961. The van der Waals surface area contributed by atoms with E-state index >= 15 is 0 Å². The first kappa shape index (κ1) is 11.0. The van der Waals surface area contributed by atoms with Gasteiger partial charge in [-0.3, -0.25) is 0 Å². The van der Waals surface area contributed by atoms with E-state index in [0.717, 1.165) is 16.9 Å². The van der Waals surface area contributed by atoms with Gasteiger partial charge in [-0.1, -0.05) is 0 Å². The summed E-state index contributed by atoms with van der Waals surface area (Å²) < 4.78 is 2.05. The normalized spacial score (nSPS) is 10.7. The topological polar surface area (TPSA) is 41.6 Å². The second-order valence-corrected chi connectivity index (χ2v) is 5.16. The fraction of sp³-hybridized carbons (Fsp3) is 0.143. The van der Waals surface area contributed by atoms with E-state index in [1.54, 1.807) is 17.4 Å². The van der Waals surface area contributed by atoms with Crippen LogP contribution in [-0.2, 0) is 7.05 Å². The molecule has 88 valence electrons. The van der Waals surface area contributed by atoms with Gasteiger partial charge in [-0.15, -0.1) is 11.3 Å². The number of hydrogen-bond donors (Lipinski definition) is 0. The van der Waals surface area contributed by atoms with Gasteiger partial charge in [0, 0.05) is 7.05 Å². The molecule has 1 aromatic carbocycles. The van der Waals surface area contributed by atoms with Crippen molar-refractivity contribution >= 4 is 22.4 Å². The summed E-state index contributed by atoms with van der Waals surface area (Å²) in [5, 5.41) is 11.0. The summed E-state index contributed by atoms with van der Waals surface area (Å²) in [6, 6.07) is 9.85. The summed E-state index contributed by atoms with van der Waals surface area (Å²) >= 11 is 1.69. The minimum atomic E-state index is 0.667. The van der Waals surface area contributed by atoms with Crippen molar-refractivity contribution in [1.82, 2.24) is 9.55 Å². The highest BCUT2D eigenvalue weighted by molar-refractivity contribution is 7.13. The van der Waals surface area contributed by atoms with Crippen LogP contribution in [0.1, 0.15) is 11.1 Å². The molecule has 0 radical (unpaired) electrons. The van der Waals surface area contributed by atoms with Gasteiger partial charge in [0.2, 0.25) is 0 Å². The first-order chi connectivity index (χ1) is 8.70. The Morgan fingerprint density at radius 2 is 2.17 bits per heavy atom. The van der Waals surface area contributed by atoms with Crippen LogP contribution >= 0.6 is 11.3 Å². The molecule has 2 heterocycles. The summed E-state index contributed by atoms with van der Waals surface area (Å²) in [5.41, 5.74) is 3.83. The average molecular weight is 253 g/mol. The molecular weight excluding hydrogens is 242 g/mol. The Hall–Kier alpha value is -2.12. The number of fused-ring (bicyclic) bond motifs is 1. The van der Waals surface area contributed by atoms with Crippen LogP contribution in [0, 0.1) is 18.3 Å². The second-order valence-electron chi connectivity index (χ2n) is 4.24. The molecule has 0 N–H and O–H groups in total. The zero-order valence-electron chi connectivity index (χ0n) is 10.1. The van der Waals surface area contributed by atoms with Gasteiger partial charge in [-0.2, -0.15) is 5.26 Å². The molecule has 0 saturated carbocycles. The van der Waals surface area contributed by atoms with Crippen molar-refractivity contribution in [2.24, 2.45) is 7.05 Å². The summed E-state index contributed by atoms with van der Waals surface area (Å²) in [5.74, 6) is 0.965. The van der Waals surface area contributed by atoms with E-state index in [1.807, 2.05) is 19.2 Å². The predicted octanol–water partition coefficient (Wildman–Crippen LogP) is 3.48. The second kappa shape index (κ2) is 3.97. The summed E-state index contributed by atoms with van der Waals surface area (Å²) in [6.07, 6.45) is 0. The van der Waals surface area contributed by atoms with E-state index in [-0.39, 0.29) is 0 Å². The smallest absolute Gasteiger partial charge is 0.151 e. The molecule has 0 unspecified atom stereocenters. The zero-order valence-corrected chi connectivity index (χ0v) is 11.0. The molecule has 2 aromatic heterocycles. The highest BCUT2D eigenvalue weighted by Gasteiger charge is 2.13. The van der Waals surface area contributed by atoms with E-state index < -0.39 is 0 Å². The van der Waals surface area contributed by atoms with E-state index in [9.17, 15) is 0 Å². The Kier molecular flexibility index (Phi) is 2.42. The number of hydrogen-bond acceptors (Lipinski definition) is 3. The van der Waals surface area contributed by atoms with E-state index in [4.69, 9.17) is 5.26 Å². The molecule has 0 amide bonds. The van der Waals surface area contributed by atoms with Crippen molar-refractivity contribution in [3.63, 3.8) is 0 Å². The molecular formula is C14H11N3S.